The lowest BCUT2D eigenvalue weighted by molar-refractivity contribution is -0.137. The van der Waals surface area contributed by atoms with Crippen LogP contribution < -0.4 is 5.73 Å². The van der Waals surface area contributed by atoms with Gasteiger partial charge < -0.3 is 10.8 Å². The van der Waals surface area contributed by atoms with E-state index in [-0.39, 0.29) is 6.42 Å². The van der Waals surface area contributed by atoms with Crippen molar-refractivity contribution >= 4 is 17.6 Å². The number of aryl methyl sites for hydroxylation is 1. The summed E-state index contributed by atoms with van der Waals surface area (Å²) in [6.07, 6.45) is 0.775. The number of hydrogen-bond acceptors (Lipinski definition) is 2. The Bertz CT molecular complexity index is 366. The molecule has 0 aliphatic rings. The number of halogens is 1. The number of carbonyl (C=O) groups is 1. The number of carboxylic acid groups (broad SMARTS) is 1. The number of aliphatic carboxylic acids is 1. The maximum Gasteiger partial charge on any atom is 0.305 e. The van der Waals surface area contributed by atoms with Crippen LogP contribution >= 0.6 is 11.6 Å². The summed E-state index contributed by atoms with van der Waals surface area (Å²) < 4.78 is 0. The highest BCUT2D eigenvalue weighted by Gasteiger charge is 2.11. The summed E-state index contributed by atoms with van der Waals surface area (Å²) in [5, 5.41) is 9.23. The van der Waals surface area contributed by atoms with Crippen LogP contribution in [0.1, 0.15) is 30.5 Å². The van der Waals surface area contributed by atoms with Crippen LogP contribution in [0.5, 0.6) is 0 Å². The fourth-order valence-corrected chi connectivity index (χ4v) is 1.67. The summed E-state index contributed by atoms with van der Waals surface area (Å²) in [7, 11) is 0. The molecule has 3 nitrogen and oxygen atoms in total. The monoisotopic (exact) mass is 227 g/mol. The molecule has 1 rings (SSSR count). The molecule has 1 unspecified atom stereocenters. The predicted octanol–water partition coefficient (Wildman–Crippen LogP) is 2.38. The lowest BCUT2D eigenvalue weighted by Crippen LogP contribution is -2.15. The van der Waals surface area contributed by atoms with Crippen molar-refractivity contribution in [2.45, 2.75) is 25.8 Å². The van der Waals surface area contributed by atoms with Crippen LogP contribution in [-0.4, -0.2) is 11.1 Å². The Morgan fingerprint density at radius 2 is 2.20 bits per heavy atom. The van der Waals surface area contributed by atoms with Crippen molar-refractivity contribution in [2.75, 3.05) is 0 Å². The average Bonchev–Trinajstić information content (AvgIpc) is 2.15. The molecule has 0 aliphatic heterocycles. The maximum atomic E-state index is 10.5. The molecule has 0 bridgehead atoms. The van der Waals surface area contributed by atoms with Gasteiger partial charge in [0, 0.05) is 11.1 Å². The van der Waals surface area contributed by atoms with Crippen molar-refractivity contribution in [2.24, 2.45) is 5.73 Å². The highest BCUT2D eigenvalue weighted by Crippen LogP contribution is 2.21. The highest BCUT2D eigenvalue weighted by atomic mass is 35.5. The average molecular weight is 228 g/mol. The molecular weight excluding hydrogens is 214 g/mol. The van der Waals surface area contributed by atoms with Crippen LogP contribution in [0.3, 0.4) is 0 Å². The summed E-state index contributed by atoms with van der Waals surface area (Å²) >= 11 is 5.91. The zero-order valence-corrected chi connectivity index (χ0v) is 9.29. The molecule has 0 heterocycles. The smallest absolute Gasteiger partial charge is 0.305 e. The molecule has 0 amide bonds. The third-order valence-electron chi connectivity index (χ3n) is 2.21. The first-order valence-corrected chi connectivity index (χ1v) is 5.17. The third kappa shape index (κ3) is 3.53. The van der Waals surface area contributed by atoms with Crippen LogP contribution in [0.2, 0.25) is 5.02 Å². The first kappa shape index (κ1) is 12.0. The number of benzene rings is 1. The van der Waals surface area contributed by atoms with E-state index < -0.39 is 12.0 Å². The Labute approximate surface area is 93.9 Å². The van der Waals surface area contributed by atoms with Crippen LogP contribution in [0.15, 0.2) is 18.2 Å². The van der Waals surface area contributed by atoms with E-state index in [1.807, 2.05) is 19.1 Å². The molecule has 1 aromatic carbocycles. The zero-order valence-electron chi connectivity index (χ0n) is 8.53. The van der Waals surface area contributed by atoms with Gasteiger partial charge in [0.25, 0.3) is 0 Å². The Balaban J connectivity index is 2.92. The van der Waals surface area contributed by atoms with Crippen molar-refractivity contribution in [1.29, 1.82) is 0 Å². The molecule has 0 spiro atoms. The van der Waals surface area contributed by atoms with Gasteiger partial charge in [0.05, 0.1) is 6.42 Å². The molecule has 0 saturated heterocycles. The molecule has 1 atom stereocenters. The molecule has 0 aliphatic carbocycles. The van der Waals surface area contributed by atoms with Crippen molar-refractivity contribution in [1.82, 2.24) is 0 Å². The molecular formula is C11H14ClNO2. The fraction of sp³-hybridized carbons (Fsp3) is 0.364. The van der Waals surface area contributed by atoms with Crippen molar-refractivity contribution in [3.63, 3.8) is 0 Å². The largest absolute Gasteiger partial charge is 0.481 e. The minimum Gasteiger partial charge on any atom is -0.481 e. The first-order chi connectivity index (χ1) is 7.02. The van der Waals surface area contributed by atoms with E-state index in [4.69, 9.17) is 22.4 Å². The second-order valence-electron chi connectivity index (χ2n) is 3.45. The highest BCUT2D eigenvalue weighted by molar-refractivity contribution is 6.30. The maximum absolute atomic E-state index is 10.5. The molecule has 0 saturated carbocycles. The topological polar surface area (TPSA) is 63.3 Å². The van der Waals surface area contributed by atoms with E-state index in [9.17, 15) is 4.79 Å². The molecule has 82 valence electrons. The van der Waals surface area contributed by atoms with Crippen molar-refractivity contribution in [3.8, 4) is 0 Å². The summed E-state index contributed by atoms with van der Waals surface area (Å²) in [4.78, 5) is 10.5. The molecule has 1 aromatic rings. The number of hydrogen-bond donors (Lipinski definition) is 2. The van der Waals surface area contributed by atoms with Crippen LogP contribution in [0.25, 0.3) is 0 Å². The lowest BCUT2D eigenvalue weighted by atomic mass is 10.0. The van der Waals surface area contributed by atoms with Gasteiger partial charge in [-0.3, -0.25) is 4.79 Å². The molecule has 4 heteroatoms. The second kappa shape index (κ2) is 5.14. The van der Waals surface area contributed by atoms with E-state index in [1.54, 1.807) is 6.07 Å². The summed E-state index contributed by atoms with van der Waals surface area (Å²) in [6, 6.07) is 4.98. The van der Waals surface area contributed by atoms with Gasteiger partial charge in [-0.2, -0.15) is 0 Å². The van der Waals surface area contributed by atoms with Crippen LogP contribution in [-0.2, 0) is 11.2 Å². The summed E-state index contributed by atoms with van der Waals surface area (Å²) in [5.41, 5.74) is 7.60. The Morgan fingerprint density at radius 3 is 2.73 bits per heavy atom. The van der Waals surface area contributed by atoms with Gasteiger partial charge >= 0.3 is 5.97 Å². The van der Waals surface area contributed by atoms with E-state index in [0.29, 0.717) is 5.02 Å². The molecule has 0 radical (unpaired) electrons. The number of rotatable bonds is 4. The minimum absolute atomic E-state index is 0.0799. The van der Waals surface area contributed by atoms with Crippen LogP contribution in [0, 0.1) is 0 Å². The zero-order chi connectivity index (χ0) is 11.4. The standard InChI is InChI=1S/C11H14ClNO2/c1-2-7-3-8(5-9(12)4-7)10(13)6-11(14)15/h3-5,10H,2,6,13H2,1H3,(H,14,15). The molecule has 0 aromatic heterocycles. The third-order valence-corrected chi connectivity index (χ3v) is 2.43. The molecule has 15 heavy (non-hydrogen) atoms. The second-order valence-corrected chi connectivity index (χ2v) is 3.89. The van der Waals surface area contributed by atoms with Crippen molar-refractivity contribution in [3.05, 3.63) is 34.3 Å². The number of carboxylic acids is 1. The quantitative estimate of drug-likeness (QED) is 0.830. The first-order valence-electron chi connectivity index (χ1n) is 4.79. The van der Waals surface area contributed by atoms with Crippen molar-refractivity contribution < 1.29 is 9.90 Å². The van der Waals surface area contributed by atoms with Gasteiger partial charge in [-0.1, -0.05) is 24.6 Å². The van der Waals surface area contributed by atoms with Crippen LogP contribution in [0.4, 0.5) is 0 Å². The SMILES string of the molecule is CCc1cc(Cl)cc(C(N)CC(=O)O)c1. The van der Waals surface area contributed by atoms with Gasteiger partial charge in [-0.25, -0.2) is 0 Å². The fourth-order valence-electron chi connectivity index (χ4n) is 1.40. The minimum atomic E-state index is -0.902. The van der Waals surface area contributed by atoms with Gasteiger partial charge in [-0.15, -0.1) is 0 Å². The lowest BCUT2D eigenvalue weighted by Gasteiger charge is -2.11. The Morgan fingerprint density at radius 1 is 1.53 bits per heavy atom. The van der Waals surface area contributed by atoms with E-state index in [2.05, 4.69) is 0 Å². The Kier molecular flexibility index (Phi) is 4.12. The van der Waals surface area contributed by atoms with Gasteiger partial charge in [0.2, 0.25) is 0 Å². The normalized spacial score (nSPS) is 12.5. The van der Waals surface area contributed by atoms with Gasteiger partial charge in [-0.05, 0) is 29.7 Å². The van der Waals surface area contributed by atoms with E-state index >= 15 is 0 Å². The predicted molar refractivity (Wildman–Crippen MR) is 60.0 cm³/mol. The Hall–Kier alpha value is -1.06. The molecule has 3 N–H and O–H groups in total. The van der Waals surface area contributed by atoms with E-state index in [1.165, 1.54) is 0 Å². The van der Waals surface area contributed by atoms with Gasteiger partial charge in [0.1, 0.15) is 0 Å². The summed E-state index contributed by atoms with van der Waals surface area (Å²) in [5.74, 6) is -0.902. The summed E-state index contributed by atoms with van der Waals surface area (Å²) in [6.45, 7) is 2.01. The molecule has 0 fully saturated rings. The van der Waals surface area contributed by atoms with Gasteiger partial charge in [0.15, 0.2) is 0 Å². The number of nitrogens with two attached hydrogens (primary N) is 1. The van der Waals surface area contributed by atoms with E-state index in [0.717, 1.165) is 17.5 Å².